The molecule has 4 heteroatoms. The first kappa shape index (κ1) is 12.7. The minimum Gasteiger partial charge on any atom is -0.467 e. The maximum atomic E-state index is 12.3. The standard InChI is InChI=1S/C17H17NO3/c1-11(19)18-14-6-3-2-5-12(14)17-13(8-10-21-17)16(18)15-7-4-9-20-15/h2-7,9,13,16-17H,8,10H2,1H3/t13-,16+,17-/m0/s1. The Balaban J connectivity index is 1.91. The van der Waals surface area contributed by atoms with Crippen molar-refractivity contribution in [3.05, 3.63) is 54.0 Å². The molecule has 0 spiro atoms. The van der Waals surface area contributed by atoms with Crippen molar-refractivity contribution in [2.24, 2.45) is 5.92 Å². The molecule has 1 aromatic carbocycles. The second-order valence-electron chi connectivity index (χ2n) is 5.65. The minimum absolute atomic E-state index is 0.0363. The molecule has 2 aliphatic rings. The molecule has 0 aliphatic carbocycles. The molecule has 4 rings (SSSR count). The van der Waals surface area contributed by atoms with Crippen LogP contribution in [-0.2, 0) is 9.53 Å². The van der Waals surface area contributed by atoms with Crippen LogP contribution in [0.3, 0.4) is 0 Å². The van der Waals surface area contributed by atoms with Gasteiger partial charge in [0.15, 0.2) is 0 Å². The third-order valence-corrected chi connectivity index (χ3v) is 4.50. The summed E-state index contributed by atoms with van der Waals surface area (Å²) in [5.41, 5.74) is 2.05. The van der Waals surface area contributed by atoms with Crippen LogP contribution in [0.5, 0.6) is 0 Å². The van der Waals surface area contributed by atoms with Crippen molar-refractivity contribution in [2.75, 3.05) is 11.5 Å². The predicted molar refractivity (Wildman–Crippen MR) is 77.9 cm³/mol. The summed E-state index contributed by atoms with van der Waals surface area (Å²) in [7, 11) is 0. The molecule has 1 fully saturated rings. The number of hydrogen-bond donors (Lipinski definition) is 0. The van der Waals surface area contributed by atoms with Crippen molar-refractivity contribution in [3.8, 4) is 0 Å². The van der Waals surface area contributed by atoms with Gasteiger partial charge in [0.2, 0.25) is 5.91 Å². The highest BCUT2D eigenvalue weighted by Gasteiger charge is 2.47. The van der Waals surface area contributed by atoms with Gasteiger partial charge in [-0.3, -0.25) is 4.79 Å². The summed E-state index contributed by atoms with van der Waals surface area (Å²) in [5.74, 6) is 1.12. The quantitative estimate of drug-likeness (QED) is 0.805. The number of benzene rings is 1. The van der Waals surface area contributed by atoms with Crippen LogP contribution in [0, 0.1) is 5.92 Å². The van der Waals surface area contributed by atoms with E-state index in [-0.39, 0.29) is 24.0 Å². The molecule has 1 amide bonds. The van der Waals surface area contributed by atoms with E-state index in [9.17, 15) is 4.79 Å². The van der Waals surface area contributed by atoms with Crippen LogP contribution in [0.2, 0.25) is 0 Å². The fourth-order valence-corrected chi connectivity index (χ4v) is 3.70. The number of hydrogen-bond acceptors (Lipinski definition) is 3. The van der Waals surface area contributed by atoms with Crippen molar-refractivity contribution in [1.29, 1.82) is 0 Å². The van der Waals surface area contributed by atoms with Gasteiger partial charge in [0.1, 0.15) is 11.8 Å². The maximum absolute atomic E-state index is 12.3. The first-order valence-electron chi connectivity index (χ1n) is 7.31. The molecule has 4 nitrogen and oxygen atoms in total. The molecule has 0 radical (unpaired) electrons. The van der Waals surface area contributed by atoms with E-state index in [1.165, 1.54) is 0 Å². The van der Waals surface area contributed by atoms with Crippen LogP contribution in [0.4, 0.5) is 5.69 Å². The second kappa shape index (κ2) is 4.74. The average molecular weight is 283 g/mol. The number of furan rings is 1. The van der Waals surface area contributed by atoms with Gasteiger partial charge in [-0.25, -0.2) is 0 Å². The number of para-hydroxylation sites is 1. The smallest absolute Gasteiger partial charge is 0.224 e. The average Bonchev–Trinajstić information content (AvgIpc) is 3.17. The molecule has 0 unspecified atom stereocenters. The number of anilines is 1. The first-order valence-corrected chi connectivity index (χ1v) is 7.31. The molecule has 3 heterocycles. The van der Waals surface area contributed by atoms with Gasteiger partial charge < -0.3 is 14.1 Å². The van der Waals surface area contributed by atoms with Gasteiger partial charge in [-0.05, 0) is 24.6 Å². The molecule has 0 N–H and O–H groups in total. The lowest BCUT2D eigenvalue weighted by Gasteiger charge is -2.42. The van der Waals surface area contributed by atoms with Crippen LogP contribution < -0.4 is 4.90 Å². The molecular formula is C17H17NO3. The van der Waals surface area contributed by atoms with Gasteiger partial charge in [-0.15, -0.1) is 0 Å². The molecule has 2 aromatic rings. The molecule has 21 heavy (non-hydrogen) atoms. The highest BCUT2D eigenvalue weighted by Crippen LogP contribution is 2.52. The molecule has 2 aliphatic heterocycles. The zero-order valence-corrected chi connectivity index (χ0v) is 11.9. The highest BCUT2D eigenvalue weighted by molar-refractivity contribution is 5.94. The van der Waals surface area contributed by atoms with Crippen molar-refractivity contribution < 1.29 is 13.9 Å². The molecule has 3 atom stereocenters. The summed E-state index contributed by atoms with van der Waals surface area (Å²) >= 11 is 0. The Labute approximate surface area is 123 Å². The summed E-state index contributed by atoms with van der Waals surface area (Å²) < 4.78 is 11.6. The Bertz CT molecular complexity index is 664. The van der Waals surface area contributed by atoms with Crippen LogP contribution in [0.1, 0.15) is 36.8 Å². The third-order valence-electron chi connectivity index (χ3n) is 4.50. The highest BCUT2D eigenvalue weighted by atomic mass is 16.5. The monoisotopic (exact) mass is 283 g/mol. The van der Waals surface area contributed by atoms with Crippen LogP contribution in [0.25, 0.3) is 0 Å². The summed E-state index contributed by atoms with van der Waals surface area (Å²) in [6.45, 7) is 2.34. The van der Waals surface area contributed by atoms with E-state index >= 15 is 0 Å². The lowest BCUT2D eigenvalue weighted by atomic mass is 9.81. The Morgan fingerprint density at radius 2 is 2.10 bits per heavy atom. The van der Waals surface area contributed by atoms with Gasteiger partial charge >= 0.3 is 0 Å². The zero-order chi connectivity index (χ0) is 14.4. The molecular weight excluding hydrogens is 266 g/mol. The van der Waals surface area contributed by atoms with Crippen molar-refractivity contribution in [3.63, 3.8) is 0 Å². The molecule has 1 saturated heterocycles. The topological polar surface area (TPSA) is 42.7 Å². The van der Waals surface area contributed by atoms with Gasteiger partial charge in [0.25, 0.3) is 0 Å². The lowest BCUT2D eigenvalue weighted by molar-refractivity contribution is -0.117. The fourth-order valence-electron chi connectivity index (χ4n) is 3.70. The summed E-state index contributed by atoms with van der Waals surface area (Å²) in [5, 5.41) is 0. The van der Waals surface area contributed by atoms with Crippen LogP contribution in [0.15, 0.2) is 47.1 Å². The largest absolute Gasteiger partial charge is 0.467 e. The minimum atomic E-state index is -0.0834. The summed E-state index contributed by atoms with van der Waals surface area (Å²) in [6.07, 6.45) is 2.65. The third kappa shape index (κ3) is 1.83. The van der Waals surface area contributed by atoms with Crippen molar-refractivity contribution in [1.82, 2.24) is 0 Å². The number of rotatable bonds is 1. The van der Waals surface area contributed by atoms with E-state index in [0.29, 0.717) is 0 Å². The van der Waals surface area contributed by atoms with Gasteiger partial charge in [-0.2, -0.15) is 0 Å². The Morgan fingerprint density at radius 1 is 1.24 bits per heavy atom. The van der Waals surface area contributed by atoms with Gasteiger partial charge in [-0.1, -0.05) is 18.2 Å². The predicted octanol–water partition coefficient (Wildman–Crippen LogP) is 3.47. The van der Waals surface area contributed by atoms with Gasteiger partial charge in [0, 0.05) is 25.0 Å². The van der Waals surface area contributed by atoms with Crippen LogP contribution >= 0.6 is 0 Å². The summed E-state index contributed by atoms with van der Waals surface area (Å²) in [6, 6.07) is 11.8. The SMILES string of the molecule is CC(=O)N1c2ccccc2[C@@H]2OCC[C@H]2[C@@H]1c1ccco1. The fraction of sp³-hybridized carbons (Fsp3) is 0.353. The van der Waals surface area contributed by atoms with E-state index in [1.807, 2.05) is 35.2 Å². The number of amides is 1. The van der Waals surface area contributed by atoms with E-state index in [2.05, 4.69) is 6.07 Å². The molecule has 108 valence electrons. The Hall–Kier alpha value is -2.07. The Kier molecular flexibility index (Phi) is 2.86. The molecule has 0 bridgehead atoms. The molecule has 0 saturated carbocycles. The van der Waals surface area contributed by atoms with E-state index in [1.54, 1.807) is 13.2 Å². The molecule has 1 aromatic heterocycles. The van der Waals surface area contributed by atoms with E-state index in [4.69, 9.17) is 9.15 Å². The van der Waals surface area contributed by atoms with Gasteiger partial charge in [0.05, 0.1) is 18.1 Å². The van der Waals surface area contributed by atoms with Crippen molar-refractivity contribution >= 4 is 11.6 Å². The lowest BCUT2D eigenvalue weighted by Crippen LogP contribution is -2.42. The number of ether oxygens (including phenoxy) is 1. The normalized spacial score (nSPS) is 27.3. The number of nitrogens with zero attached hydrogens (tertiary/aromatic N) is 1. The maximum Gasteiger partial charge on any atom is 0.224 e. The number of carbonyl (C=O) groups excluding carboxylic acids is 1. The first-order chi connectivity index (χ1) is 10.3. The van der Waals surface area contributed by atoms with E-state index in [0.717, 1.165) is 30.0 Å². The van der Waals surface area contributed by atoms with Crippen molar-refractivity contribution in [2.45, 2.75) is 25.5 Å². The second-order valence-corrected chi connectivity index (χ2v) is 5.65. The number of fused-ring (bicyclic) bond motifs is 3. The zero-order valence-electron chi connectivity index (χ0n) is 11.9. The van der Waals surface area contributed by atoms with Crippen LogP contribution in [-0.4, -0.2) is 12.5 Å². The van der Waals surface area contributed by atoms with E-state index < -0.39 is 0 Å². The number of carbonyl (C=O) groups is 1. The Morgan fingerprint density at radius 3 is 2.86 bits per heavy atom. The summed E-state index contributed by atoms with van der Waals surface area (Å²) in [4.78, 5) is 14.2.